The van der Waals surface area contributed by atoms with E-state index in [-0.39, 0.29) is 11.9 Å². The molecule has 0 aliphatic heterocycles. The van der Waals surface area contributed by atoms with Crippen LogP contribution in [0.5, 0.6) is 0 Å². The first-order valence-corrected chi connectivity index (χ1v) is 11.4. The Kier molecular flexibility index (Phi) is 7.98. The van der Waals surface area contributed by atoms with Gasteiger partial charge in [-0.3, -0.25) is 10.1 Å². The number of aromatic nitrogens is 1. The van der Waals surface area contributed by atoms with Gasteiger partial charge in [-0.25, -0.2) is 9.78 Å². The van der Waals surface area contributed by atoms with Gasteiger partial charge in [0.15, 0.2) is 5.13 Å². The molecule has 3 aromatic rings. The highest BCUT2D eigenvalue weighted by Crippen LogP contribution is 2.26. The van der Waals surface area contributed by atoms with Crippen LogP contribution in [0.3, 0.4) is 0 Å². The van der Waals surface area contributed by atoms with Gasteiger partial charge < -0.3 is 10.6 Å². The molecule has 3 rings (SSSR count). The number of nitrogens with zero attached hydrogens (tertiary/aromatic N) is 1. The predicted molar refractivity (Wildman–Crippen MR) is 125 cm³/mol. The molecule has 10 heteroatoms. The van der Waals surface area contributed by atoms with Crippen LogP contribution in [-0.4, -0.2) is 16.9 Å². The molecule has 0 fully saturated rings. The molecular weight excluding hydrogens is 463 g/mol. The summed E-state index contributed by atoms with van der Waals surface area (Å²) in [5.41, 5.74) is 2.48. The molecule has 1 aromatic heterocycles. The van der Waals surface area contributed by atoms with Crippen LogP contribution in [-0.2, 0) is 17.1 Å². The molecule has 0 spiro atoms. The monoisotopic (exact) mass is 480 g/mol. The lowest BCUT2D eigenvalue weighted by Gasteiger charge is -2.06. The Morgan fingerprint density at radius 2 is 1.83 bits per heavy atom. The summed E-state index contributed by atoms with van der Waals surface area (Å²) >= 11 is 14.9. The van der Waals surface area contributed by atoms with E-state index >= 15 is 0 Å². The summed E-state index contributed by atoms with van der Waals surface area (Å²) in [6.45, 7) is 1.80. The quantitative estimate of drug-likeness (QED) is 0.360. The third kappa shape index (κ3) is 6.91. The molecule has 6 nitrogen and oxygen atoms in total. The molecule has 3 amide bonds. The molecule has 2 aromatic carbocycles. The van der Waals surface area contributed by atoms with E-state index in [1.165, 1.54) is 18.3 Å². The summed E-state index contributed by atoms with van der Waals surface area (Å²) in [7, 11) is 0. The van der Waals surface area contributed by atoms with Crippen molar-refractivity contribution in [3.63, 3.8) is 0 Å². The number of benzene rings is 2. The highest BCUT2D eigenvalue weighted by Gasteiger charge is 2.08. The topological polar surface area (TPSA) is 83.1 Å². The number of anilines is 2. The maximum atomic E-state index is 12.1. The number of nitrogens with one attached hydrogen (secondary N) is 3. The van der Waals surface area contributed by atoms with Crippen LogP contribution < -0.4 is 16.0 Å². The lowest BCUT2D eigenvalue weighted by molar-refractivity contribution is -0.114. The molecule has 0 saturated heterocycles. The summed E-state index contributed by atoms with van der Waals surface area (Å²) in [6.07, 6.45) is 0. The first-order valence-electron chi connectivity index (χ1n) is 8.82. The molecule has 0 unspecified atom stereocenters. The minimum atomic E-state index is -0.344. The van der Waals surface area contributed by atoms with Gasteiger partial charge in [0, 0.05) is 35.2 Å². The zero-order valence-electron chi connectivity index (χ0n) is 15.9. The van der Waals surface area contributed by atoms with Gasteiger partial charge in [-0.1, -0.05) is 29.3 Å². The second-order valence-electron chi connectivity index (χ2n) is 6.19. The number of hydrogen-bond acceptors (Lipinski definition) is 5. The zero-order chi connectivity index (χ0) is 21.5. The van der Waals surface area contributed by atoms with E-state index in [1.807, 2.05) is 29.6 Å². The fourth-order valence-corrected chi connectivity index (χ4v) is 4.32. The van der Waals surface area contributed by atoms with Crippen LogP contribution in [0.1, 0.15) is 18.2 Å². The molecule has 3 N–H and O–H groups in total. The average Bonchev–Trinajstić information content (AvgIpc) is 3.15. The molecule has 156 valence electrons. The Morgan fingerprint density at radius 3 is 2.53 bits per heavy atom. The Morgan fingerprint density at radius 1 is 1.07 bits per heavy atom. The molecule has 0 saturated carbocycles. The predicted octanol–water partition coefficient (Wildman–Crippen LogP) is 6.02. The van der Waals surface area contributed by atoms with Crippen molar-refractivity contribution in [2.24, 2.45) is 0 Å². The van der Waals surface area contributed by atoms with Crippen molar-refractivity contribution in [3.05, 3.63) is 69.1 Å². The van der Waals surface area contributed by atoms with Crippen molar-refractivity contribution in [3.8, 4) is 0 Å². The fraction of sp³-hybridized carbons (Fsp3) is 0.150. The average molecular weight is 481 g/mol. The van der Waals surface area contributed by atoms with Gasteiger partial charge in [-0.2, -0.15) is 0 Å². The molecule has 0 atom stereocenters. The molecular formula is C20H18Cl2N4O2S2. The van der Waals surface area contributed by atoms with E-state index in [0.29, 0.717) is 27.5 Å². The van der Waals surface area contributed by atoms with Gasteiger partial charge in [0.25, 0.3) is 0 Å². The first-order chi connectivity index (χ1) is 14.4. The van der Waals surface area contributed by atoms with Crippen LogP contribution in [0.25, 0.3) is 0 Å². The number of thiazole rings is 1. The number of thioether (sulfide) groups is 1. The van der Waals surface area contributed by atoms with E-state index in [1.54, 1.807) is 30.0 Å². The molecule has 1 heterocycles. The van der Waals surface area contributed by atoms with Crippen LogP contribution >= 0.6 is 46.3 Å². The minimum Gasteiger partial charge on any atom is -0.334 e. The Balaban J connectivity index is 1.45. The van der Waals surface area contributed by atoms with Crippen LogP contribution in [0.2, 0.25) is 10.0 Å². The van der Waals surface area contributed by atoms with Gasteiger partial charge in [0.2, 0.25) is 5.91 Å². The summed E-state index contributed by atoms with van der Waals surface area (Å²) in [6, 6.07) is 12.5. The number of hydrogen-bond donors (Lipinski definition) is 3. The highest BCUT2D eigenvalue weighted by atomic mass is 35.5. The Hall–Kier alpha value is -2.26. The standard InChI is InChI=1S/C20H18Cl2N4O2S2/c1-12(27)24-14-3-5-16(6-4-14)29-10-15-11-30-20(25-15)26-19(28)23-9-13-2-7-17(21)18(22)8-13/h2-8,11H,9-10H2,1H3,(H,24,27)(H2,23,25,26,28). The van der Waals surface area contributed by atoms with Crippen LogP contribution in [0.4, 0.5) is 15.6 Å². The summed E-state index contributed by atoms with van der Waals surface area (Å²) < 4.78 is 0. The van der Waals surface area contributed by atoms with Crippen molar-refractivity contribution >= 4 is 69.1 Å². The van der Waals surface area contributed by atoms with Gasteiger partial charge in [-0.05, 0) is 42.0 Å². The largest absolute Gasteiger partial charge is 0.334 e. The van der Waals surface area contributed by atoms with Gasteiger partial charge in [0.1, 0.15) is 0 Å². The fourth-order valence-electron chi connectivity index (χ4n) is 2.40. The zero-order valence-corrected chi connectivity index (χ0v) is 19.0. The van der Waals surface area contributed by atoms with Crippen molar-refractivity contribution in [1.29, 1.82) is 0 Å². The number of urea groups is 1. The molecule has 0 bridgehead atoms. The van der Waals surface area contributed by atoms with Crippen molar-refractivity contribution in [2.75, 3.05) is 10.6 Å². The van der Waals surface area contributed by atoms with Crippen LogP contribution in [0.15, 0.2) is 52.7 Å². The van der Waals surface area contributed by atoms with Gasteiger partial charge in [-0.15, -0.1) is 23.1 Å². The molecule has 30 heavy (non-hydrogen) atoms. The maximum Gasteiger partial charge on any atom is 0.321 e. The SMILES string of the molecule is CC(=O)Nc1ccc(SCc2csc(NC(=O)NCc3ccc(Cl)c(Cl)c3)n2)cc1. The van der Waals surface area contributed by atoms with Crippen molar-refractivity contribution in [2.45, 2.75) is 24.1 Å². The van der Waals surface area contributed by atoms with Crippen LogP contribution in [0, 0.1) is 0 Å². The normalized spacial score (nSPS) is 10.5. The minimum absolute atomic E-state index is 0.0982. The number of rotatable bonds is 7. The number of carbonyl (C=O) groups is 2. The number of carbonyl (C=O) groups excluding carboxylic acids is 2. The third-order valence-corrected chi connectivity index (χ3v) is 6.36. The summed E-state index contributed by atoms with van der Waals surface area (Å²) in [4.78, 5) is 28.6. The number of halogens is 2. The van der Waals surface area contributed by atoms with E-state index in [2.05, 4.69) is 20.9 Å². The van der Waals surface area contributed by atoms with E-state index in [9.17, 15) is 9.59 Å². The van der Waals surface area contributed by atoms with E-state index < -0.39 is 0 Å². The number of amides is 3. The maximum absolute atomic E-state index is 12.1. The summed E-state index contributed by atoms with van der Waals surface area (Å²) in [5.74, 6) is 0.571. The lowest BCUT2D eigenvalue weighted by Crippen LogP contribution is -2.28. The molecule has 0 aliphatic carbocycles. The third-order valence-electron chi connectivity index (χ3n) is 3.77. The highest BCUT2D eigenvalue weighted by molar-refractivity contribution is 7.98. The second kappa shape index (κ2) is 10.7. The summed E-state index contributed by atoms with van der Waals surface area (Å²) in [5, 5.41) is 11.6. The van der Waals surface area contributed by atoms with E-state index in [0.717, 1.165) is 21.8 Å². The van der Waals surface area contributed by atoms with Crippen molar-refractivity contribution < 1.29 is 9.59 Å². The van der Waals surface area contributed by atoms with Gasteiger partial charge >= 0.3 is 6.03 Å². The molecule has 0 radical (unpaired) electrons. The van der Waals surface area contributed by atoms with E-state index in [4.69, 9.17) is 23.2 Å². The Bertz CT molecular complexity index is 1040. The smallest absolute Gasteiger partial charge is 0.321 e. The first kappa shape index (κ1) is 22.4. The van der Waals surface area contributed by atoms with Gasteiger partial charge in [0.05, 0.1) is 15.7 Å². The Labute approximate surface area is 192 Å². The second-order valence-corrected chi connectivity index (χ2v) is 8.92. The molecule has 0 aliphatic rings. The van der Waals surface area contributed by atoms with Crippen molar-refractivity contribution in [1.82, 2.24) is 10.3 Å². The lowest BCUT2D eigenvalue weighted by atomic mass is 10.2.